The van der Waals surface area contributed by atoms with Gasteiger partial charge in [0.25, 0.3) is 11.8 Å². The van der Waals surface area contributed by atoms with Crippen LogP contribution in [0.3, 0.4) is 0 Å². The average Bonchev–Trinajstić information content (AvgIpc) is 3.68. The van der Waals surface area contributed by atoms with E-state index >= 15 is 0 Å². The molecule has 5 rings (SSSR count). The second kappa shape index (κ2) is 18.3. The van der Waals surface area contributed by atoms with Crippen LogP contribution in [-0.2, 0) is 23.7 Å². The first kappa shape index (κ1) is 38.6. The summed E-state index contributed by atoms with van der Waals surface area (Å²) in [6.07, 6.45) is -1.60. The van der Waals surface area contributed by atoms with Crippen LogP contribution in [0.2, 0.25) is 0 Å². The van der Waals surface area contributed by atoms with Crippen LogP contribution in [0.25, 0.3) is 22.2 Å². The third-order valence-electron chi connectivity index (χ3n) is 7.93. The SMILES string of the molecule is COCCOCCOCCNC(=O)c1ccc2c(c1)C(COC(=O)On1nnc3ccccc31)c1cc(C(=O)NCCNC(=O)OC(C)(C)C)ccc1-2. The fourth-order valence-electron chi connectivity index (χ4n) is 5.55. The lowest BCUT2D eigenvalue weighted by atomic mass is 9.95. The number of nitrogens with zero attached hydrogens (tertiary/aromatic N) is 3. The van der Waals surface area contributed by atoms with Crippen molar-refractivity contribution in [3.63, 3.8) is 0 Å². The molecule has 16 nitrogen and oxygen atoms in total. The van der Waals surface area contributed by atoms with Crippen molar-refractivity contribution in [3.05, 3.63) is 82.9 Å². The lowest BCUT2D eigenvalue weighted by Gasteiger charge is -2.19. The van der Waals surface area contributed by atoms with Gasteiger partial charge in [0.2, 0.25) is 0 Å². The van der Waals surface area contributed by atoms with E-state index in [1.165, 1.54) is 0 Å². The van der Waals surface area contributed by atoms with Crippen molar-refractivity contribution in [2.75, 3.05) is 66.4 Å². The van der Waals surface area contributed by atoms with E-state index in [9.17, 15) is 19.2 Å². The molecule has 282 valence electrons. The largest absolute Gasteiger partial charge is 0.535 e. The lowest BCUT2D eigenvalue weighted by Crippen LogP contribution is -2.37. The molecule has 3 aromatic carbocycles. The topological polar surface area (TPSA) is 190 Å². The number of carbonyl (C=O) groups is 4. The van der Waals surface area contributed by atoms with Gasteiger partial charge in [-0.2, -0.15) is 0 Å². The molecule has 1 aliphatic rings. The van der Waals surface area contributed by atoms with E-state index in [1.807, 2.05) is 12.1 Å². The zero-order valence-corrected chi connectivity index (χ0v) is 30.1. The zero-order valence-electron chi connectivity index (χ0n) is 30.1. The molecule has 4 aromatic rings. The molecule has 0 bridgehead atoms. The van der Waals surface area contributed by atoms with Crippen LogP contribution in [0.1, 0.15) is 58.5 Å². The lowest BCUT2D eigenvalue weighted by molar-refractivity contribution is 0.0255. The first-order chi connectivity index (χ1) is 25.5. The normalized spacial score (nSPS) is 13.2. The summed E-state index contributed by atoms with van der Waals surface area (Å²) in [4.78, 5) is 57.5. The Morgan fingerprint density at radius 2 is 1.36 bits per heavy atom. The number of benzene rings is 3. The van der Waals surface area contributed by atoms with Crippen LogP contribution in [0.4, 0.5) is 9.59 Å². The molecule has 0 fully saturated rings. The van der Waals surface area contributed by atoms with E-state index < -0.39 is 23.8 Å². The Morgan fingerprint density at radius 3 is 2.02 bits per heavy atom. The third-order valence-corrected chi connectivity index (χ3v) is 7.93. The monoisotopic (exact) mass is 732 g/mol. The molecular formula is C37H44N6O10. The molecule has 0 aliphatic heterocycles. The van der Waals surface area contributed by atoms with Gasteiger partial charge in [-0.1, -0.05) is 29.1 Å². The Balaban J connectivity index is 1.26. The maximum Gasteiger partial charge on any atom is 0.535 e. The number of hydrogen-bond acceptors (Lipinski definition) is 12. The van der Waals surface area contributed by atoms with Crippen molar-refractivity contribution in [3.8, 4) is 11.1 Å². The molecule has 1 unspecified atom stereocenters. The van der Waals surface area contributed by atoms with E-state index in [-0.39, 0.29) is 38.1 Å². The quantitative estimate of drug-likeness (QED) is 0.0816. The maximum atomic E-state index is 13.2. The number of amides is 3. The molecule has 3 amide bonds. The summed E-state index contributed by atoms with van der Waals surface area (Å²) in [5.41, 5.74) is 4.23. The van der Waals surface area contributed by atoms with Crippen molar-refractivity contribution in [2.45, 2.75) is 32.3 Å². The fourth-order valence-corrected chi connectivity index (χ4v) is 5.55. The number of hydrogen-bond donors (Lipinski definition) is 3. The van der Waals surface area contributed by atoms with Gasteiger partial charge in [0.1, 0.15) is 23.2 Å². The molecule has 0 saturated carbocycles. The Bertz CT molecular complexity index is 1910. The van der Waals surface area contributed by atoms with Gasteiger partial charge in [0.15, 0.2) is 0 Å². The Kier molecular flexibility index (Phi) is 13.3. The summed E-state index contributed by atoms with van der Waals surface area (Å²) in [5.74, 6) is -1.22. The highest BCUT2D eigenvalue weighted by Crippen LogP contribution is 2.45. The van der Waals surface area contributed by atoms with Crippen LogP contribution >= 0.6 is 0 Å². The predicted molar refractivity (Wildman–Crippen MR) is 192 cm³/mol. The summed E-state index contributed by atoms with van der Waals surface area (Å²) in [6, 6.07) is 17.5. The molecule has 53 heavy (non-hydrogen) atoms. The van der Waals surface area contributed by atoms with Crippen molar-refractivity contribution in [1.29, 1.82) is 0 Å². The molecule has 1 aromatic heterocycles. The third kappa shape index (κ3) is 10.7. The number of carbonyl (C=O) groups excluding carboxylic acids is 4. The molecule has 16 heteroatoms. The second-order valence-electron chi connectivity index (χ2n) is 12.9. The molecule has 1 heterocycles. The minimum atomic E-state index is -1.01. The van der Waals surface area contributed by atoms with Crippen LogP contribution in [0.5, 0.6) is 0 Å². The van der Waals surface area contributed by atoms with Crippen LogP contribution in [-0.4, -0.2) is 111 Å². The maximum absolute atomic E-state index is 13.2. The minimum Gasteiger partial charge on any atom is -0.444 e. The number of aromatic nitrogens is 3. The molecule has 0 spiro atoms. The number of para-hydroxylation sites is 1. The molecule has 1 atom stereocenters. The molecule has 0 radical (unpaired) electrons. The summed E-state index contributed by atoms with van der Waals surface area (Å²) in [7, 11) is 1.60. The average molecular weight is 733 g/mol. The highest BCUT2D eigenvalue weighted by molar-refractivity contribution is 5.98. The summed E-state index contributed by atoms with van der Waals surface area (Å²) in [6.45, 7) is 7.83. The molecule has 3 N–H and O–H groups in total. The van der Waals surface area contributed by atoms with Gasteiger partial charge in [-0.3, -0.25) is 14.4 Å². The first-order valence-corrected chi connectivity index (χ1v) is 17.2. The number of rotatable bonds is 17. The van der Waals surface area contributed by atoms with Gasteiger partial charge in [-0.05, 0) is 84.6 Å². The zero-order chi connectivity index (χ0) is 37.8. The van der Waals surface area contributed by atoms with Crippen LogP contribution in [0, 0.1) is 0 Å². The number of ether oxygens (including phenoxy) is 5. The summed E-state index contributed by atoms with van der Waals surface area (Å²) < 4.78 is 26.7. The first-order valence-electron chi connectivity index (χ1n) is 17.2. The Labute approximate surface area is 306 Å². The highest BCUT2D eigenvalue weighted by atomic mass is 16.8. The number of alkyl carbamates (subject to hydrolysis) is 1. The van der Waals surface area contributed by atoms with E-state index in [0.717, 1.165) is 27.1 Å². The van der Waals surface area contributed by atoms with Crippen molar-refractivity contribution in [1.82, 2.24) is 31.1 Å². The van der Waals surface area contributed by atoms with Gasteiger partial charge in [-0.15, -0.1) is 5.10 Å². The van der Waals surface area contributed by atoms with Crippen LogP contribution < -0.4 is 20.8 Å². The number of nitrogens with one attached hydrogen (secondary N) is 3. The smallest absolute Gasteiger partial charge is 0.444 e. The number of fused-ring (bicyclic) bond motifs is 4. The van der Waals surface area contributed by atoms with E-state index in [2.05, 4.69) is 26.3 Å². The van der Waals surface area contributed by atoms with Crippen LogP contribution in [0.15, 0.2) is 60.7 Å². The molecule has 1 aliphatic carbocycles. The van der Waals surface area contributed by atoms with E-state index in [4.69, 9.17) is 28.5 Å². The standard InChI is InChI=1S/C37H44N6O10/c1-37(2,3)52-35(46)40-14-13-38-33(44)24-9-11-26-27-12-10-25(34(45)39-15-16-49-19-20-50-18-17-48-4)22-29(27)30(28(26)21-24)23-51-36(47)53-43-32-8-6-5-7-31(32)41-42-43/h5-12,21-22,30H,13-20,23H2,1-4H3,(H,38,44)(H,39,45)(H,40,46). The van der Waals surface area contributed by atoms with Gasteiger partial charge in [0.05, 0.1) is 33.0 Å². The van der Waals surface area contributed by atoms with Crippen molar-refractivity contribution < 1.29 is 47.7 Å². The van der Waals surface area contributed by atoms with Crippen molar-refractivity contribution in [2.24, 2.45) is 0 Å². The Morgan fingerprint density at radius 1 is 0.755 bits per heavy atom. The van der Waals surface area contributed by atoms with Crippen molar-refractivity contribution >= 4 is 35.1 Å². The molecule has 0 saturated heterocycles. The van der Waals surface area contributed by atoms with Gasteiger partial charge in [0, 0.05) is 43.8 Å². The highest BCUT2D eigenvalue weighted by Gasteiger charge is 2.32. The summed E-state index contributed by atoms with van der Waals surface area (Å²) in [5, 5.41) is 16.1. The number of methoxy groups -OCH3 is 1. The van der Waals surface area contributed by atoms with Gasteiger partial charge < -0.3 is 39.6 Å². The second-order valence-corrected chi connectivity index (χ2v) is 12.9. The Hall–Kier alpha value is -5.58. The summed E-state index contributed by atoms with van der Waals surface area (Å²) >= 11 is 0. The van der Waals surface area contributed by atoms with E-state index in [1.54, 1.807) is 76.4 Å². The van der Waals surface area contributed by atoms with E-state index in [0.29, 0.717) is 55.2 Å². The molecular weight excluding hydrogens is 688 g/mol. The van der Waals surface area contributed by atoms with Gasteiger partial charge >= 0.3 is 12.2 Å². The fraction of sp³-hybridized carbons (Fsp3) is 0.405. The predicted octanol–water partition coefficient (Wildman–Crippen LogP) is 3.47. The van der Waals surface area contributed by atoms with Gasteiger partial charge in [-0.25, -0.2) is 9.59 Å². The minimum absolute atomic E-state index is 0.163.